The summed E-state index contributed by atoms with van der Waals surface area (Å²) >= 11 is 0. The Morgan fingerprint density at radius 2 is 1.54 bits per heavy atom. The van der Waals surface area contributed by atoms with Gasteiger partial charge in [-0.25, -0.2) is 9.59 Å². The Morgan fingerprint density at radius 1 is 1.00 bits per heavy atom. The molecule has 0 radical (unpaired) electrons. The molecule has 0 aliphatic heterocycles. The summed E-state index contributed by atoms with van der Waals surface area (Å²) in [5, 5.41) is 5.70. The van der Waals surface area contributed by atoms with Crippen LogP contribution in [0.2, 0.25) is 0 Å². The van der Waals surface area contributed by atoms with Crippen LogP contribution in [0.3, 0.4) is 0 Å². The largest absolute Gasteiger partial charge is 0.469 e. The van der Waals surface area contributed by atoms with Gasteiger partial charge in [0.25, 0.3) is 0 Å². The third-order valence-corrected chi connectivity index (χ3v) is 5.81. The van der Waals surface area contributed by atoms with Crippen molar-refractivity contribution in [1.29, 1.82) is 0 Å². The van der Waals surface area contributed by atoms with Crippen LogP contribution in [0, 0.1) is 17.8 Å². The van der Waals surface area contributed by atoms with Gasteiger partial charge in [0.2, 0.25) is 0 Å². The van der Waals surface area contributed by atoms with E-state index in [2.05, 4.69) is 20.1 Å². The molecule has 7 nitrogen and oxygen atoms in total. The molecule has 1 atom stereocenters. The van der Waals surface area contributed by atoms with E-state index >= 15 is 0 Å². The molecule has 4 bridgehead atoms. The minimum atomic E-state index is -1.03. The first kappa shape index (κ1) is 17.0. The second-order valence-corrected chi connectivity index (χ2v) is 7.65. The lowest BCUT2D eigenvalue weighted by Crippen LogP contribution is -2.62. The van der Waals surface area contributed by atoms with Gasteiger partial charge in [0.1, 0.15) is 6.04 Å². The number of rotatable bonds is 5. The number of hydrogen-bond acceptors (Lipinski definition) is 5. The normalized spacial score (nSPS) is 34.3. The number of amides is 2. The van der Waals surface area contributed by atoms with E-state index in [-0.39, 0.29) is 12.0 Å². The van der Waals surface area contributed by atoms with E-state index in [1.54, 1.807) is 0 Å². The van der Waals surface area contributed by atoms with Gasteiger partial charge in [-0.2, -0.15) is 0 Å². The van der Waals surface area contributed by atoms with Gasteiger partial charge in [-0.15, -0.1) is 0 Å². The van der Waals surface area contributed by atoms with Crippen molar-refractivity contribution < 1.29 is 23.9 Å². The lowest BCUT2D eigenvalue weighted by molar-refractivity contribution is -0.149. The molecular formula is C17H26N2O5. The van der Waals surface area contributed by atoms with Crippen molar-refractivity contribution in [2.45, 2.75) is 56.5 Å². The van der Waals surface area contributed by atoms with Crippen LogP contribution >= 0.6 is 0 Å². The highest BCUT2D eigenvalue weighted by atomic mass is 16.5. The summed E-state index contributed by atoms with van der Waals surface area (Å²) in [7, 11) is 2.47. The molecule has 7 heteroatoms. The molecule has 2 N–H and O–H groups in total. The zero-order valence-corrected chi connectivity index (χ0v) is 14.3. The smallest absolute Gasteiger partial charge is 0.329 e. The van der Waals surface area contributed by atoms with Gasteiger partial charge in [0, 0.05) is 5.54 Å². The SMILES string of the molecule is COC(=O)C[C@H](NC(=O)NC12CC3CC(CC(C3)C1)C2)C(=O)OC. The third-order valence-electron chi connectivity index (χ3n) is 5.81. The summed E-state index contributed by atoms with van der Waals surface area (Å²) in [4.78, 5) is 35.7. The Balaban J connectivity index is 1.61. The zero-order valence-electron chi connectivity index (χ0n) is 14.3. The van der Waals surface area contributed by atoms with Gasteiger partial charge in [-0.1, -0.05) is 0 Å². The van der Waals surface area contributed by atoms with Crippen molar-refractivity contribution in [3.63, 3.8) is 0 Å². The van der Waals surface area contributed by atoms with E-state index in [9.17, 15) is 14.4 Å². The lowest BCUT2D eigenvalue weighted by atomic mass is 9.53. The number of esters is 2. The molecule has 0 aromatic carbocycles. The molecule has 0 aromatic heterocycles. The van der Waals surface area contributed by atoms with Crippen LogP contribution in [0.15, 0.2) is 0 Å². The first-order valence-corrected chi connectivity index (χ1v) is 8.66. The molecule has 4 saturated carbocycles. The second-order valence-electron chi connectivity index (χ2n) is 7.65. The number of methoxy groups -OCH3 is 2. The van der Waals surface area contributed by atoms with Crippen LogP contribution in [0.5, 0.6) is 0 Å². The first-order chi connectivity index (χ1) is 11.4. The van der Waals surface area contributed by atoms with Crippen LogP contribution < -0.4 is 10.6 Å². The van der Waals surface area contributed by atoms with Crippen molar-refractivity contribution in [2.24, 2.45) is 17.8 Å². The summed E-state index contributed by atoms with van der Waals surface area (Å²) < 4.78 is 9.24. The Bertz CT molecular complexity index is 498. The molecule has 0 unspecified atom stereocenters. The molecule has 0 aromatic rings. The van der Waals surface area contributed by atoms with E-state index in [0.29, 0.717) is 17.8 Å². The van der Waals surface area contributed by atoms with E-state index in [1.807, 2.05) is 0 Å². The van der Waals surface area contributed by atoms with Gasteiger partial charge in [-0.05, 0) is 56.3 Å². The fourth-order valence-corrected chi connectivity index (χ4v) is 5.28. The Morgan fingerprint density at radius 3 is 2.00 bits per heavy atom. The molecule has 134 valence electrons. The Hall–Kier alpha value is -1.79. The fourth-order valence-electron chi connectivity index (χ4n) is 5.28. The highest BCUT2D eigenvalue weighted by Crippen LogP contribution is 2.55. The second kappa shape index (κ2) is 6.61. The third kappa shape index (κ3) is 3.49. The van der Waals surface area contributed by atoms with Crippen molar-refractivity contribution in [1.82, 2.24) is 10.6 Å². The molecule has 4 fully saturated rings. The van der Waals surface area contributed by atoms with Gasteiger partial charge < -0.3 is 20.1 Å². The van der Waals surface area contributed by atoms with Crippen LogP contribution in [0.1, 0.15) is 44.9 Å². The number of ether oxygens (including phenoxy) is 2. The molecule has 2 amide bonds. The minimum Gasteiger partial charge on any atom is -0.469 e. The molecule has 4 aliphatic rings. The van der Waals surface area contributed by atoms with E-state index in [1.165, 1.54) is 33.5 Å². The zero-order chi connectivity index (χ0) is 17.3. The van der Waals surface area contributed by atoms with Crippen molar-refractivity contribution in [3.8, 4) is 0 Å². The van der Waals surface area contributed by atoms with Crippen molar-refractivity contribution >= 4 is 18.0 Å². The average Bonchev–Trinajstić information content (AvgIpc) is 2.51. The van der Waals surface area contributed by atoms with Gasteiger partial charge in [0.15, 0.2) is 0 Å². The predicted octanol–water partition coefficient (Wildman–Crippen LogP) is 1.36. The maximum atomic E-state index is 12.4. The summed E-state index contributed by atoms with van der Waals surface area (Å²) in [5.74, 6) is 0.913. The van der Waals surface area contributed by atoms with Crippen molar-refractivity contribution in [2.75, 3.05) is 14.2 Å². The number of urea groups is 1. The van der Waals surface area contributed by atoms with E-state index in [4.69, 9.17) is 0 Å². The molecule has 0 saturated heterocycles. The number of carbonyl (C=O) groups is 3. The summed E-state index contributed by atoms with van der Waals surface area (Å²) in [6.45, 7) is 0. The standard InChI is InChI=1S/C17H26N2O5/c1-23-14(20)6-13(15(21)24-2)18-16(22)19-17-7-10-3-11(8-17)5-12(4-10)9-17/h10-13H,3-9H2,1-2H3,(H2,18,19,22)/t10?,11?,12?,13-,17?/m0/s1. The minimum absolute atomic E-state index is 0.148. The highest BCUT2D eigenvalue weighted by molar-refractivity contribution is 5.87. The number of nitrogens with one attached hydrogen (secondary N) is 2. The lowest BCUT2D eigenvalue weighted by Gasteiger charge is -2.56. The van der Waals surface area contributed by atoms with E-state index in [0.717, 1.165) is 19.3 Å². The molecule has 0 spiro atoms. The maximum Gasteiger partial charge on any atom is 0.329 e. The number of carbonyl (C=O) groups excluding carboxylic acids is 3. The van der Waals surface area contributed by atoms with E-state index < -0.39 is 24.0 Å². The van der Waals surface area contributed by atoms with Gasteiger partial charge in [0.05, 0.1) is 20.6 Å². The summed E-state index contributed by atoms with van der Waals surface area (Å²) in [6.07, 6.45) is 6.68. The molecule has 4 rings (SSSR count). The Kier molecular flexibility index (Phi) is 4.69. The van der Waals surface area contributed by atoms with Crippen LogP contribution in [-0.4, -0.2) is 43.8 Å². The fraction of sp³-hybridized carbons (Fsp3) is 0.824. The summed E-state index contributed by atoms with van der Waals surface area (Å²) in [6, 6.07) is -1.44. The number of hydrogen-bond donors (Lipinski definition) is 2. The predicted molar refractivity (Wildman–Crippen MR) is 85.0 cm³/mol. The van der Waals surface area contributed by atoms with Crippen LogP contribution in [-0.2, 0) is 19.1 Å². The first-order valence-electron chi connectivity index (χ1n) is 8.66. The van der Waals surface area contributed by atoms with Crippen LogP contribution in [0.25, 0.3) is 0 Å². The van der Waals surface area contributed by atoms with Crippen LogP contribution in [0.4, 0.5) is 4.79 Å². The quantitative estimate of drug-likeness (QED) is 0.738. The van der Waals surface area contributed by atoms with Crippen molar-refractivity contribution in [3.05, 3.63) is 0 Å². The summed E-state index contributed by atoms with van der Waals surface area (Å²) in [5.41, 5.74) is -0.148. The Labute approximate surface area is 141 Å². The monoisotopic (exact) mass is 338 g/mol. The molecule has 24 heavy (non-hydrogen) atoms. The average molecular weight is 338 g/mol. The molecular weight excluding hydrogens is 312 g/mol. The van der Waals surface area contributed by atoms with Gasteiger partial charge >= 0.3 is 18.0 Å². The molecule has 0 heterocycles. The topological polar surface area (TPSA) is 93.7 Å². The molecule has 4 aliphatic carbocycles. The van der Waals surface area contributed by atoms with Gasteiger partial charge in [-0.3, -0.25) is 4.79 Å². The highest BCUT2D eigenvalue weighted by Gasteiger charge is 2.51. The maximum absolute atomic E-state index is 12.4.